The number of hydrogen-bond donors (Lipinski definition) is 3. The molecule has 0 aliphatic heterocycles. The fourth-order valence-corrected chi connectivity index (χ4v) is 7.48. The first-order valence-electron chi connectivity index (χ1n) is 27.3. The molecule has 0 saturated heterocycles. The van der Waals surface area contributed by atoms with E-state index >= 15 is 0 Å². The van der Waals surface area contributed by atoms with Gasteiger partial charge in [0.1, 0.15) is 6.10 Å². The van der Waals surface area contributed by atoms with Crippen LogP contribution in [0.25, 0.3) is 0 Å². The second-order valence-electron chi connectivity index (χ2n) is 17.9. The molecule has 0 aliphatic carbocycles. The number of carbonyl (C=O) groups is 2. The molecule has 6 nitrogen and oxygen atoms in total. The third-order valence-corrected chi connectivity index (χ3v) is 11.5. The predicted octanol–water partition coefficient (Wildman–Crippen LogP) is 16.8. The summed E-state index contributed by atoms with van der Waals surface area (Å²) in [6.45, 7) is 6.21. The van der Waals surface area contributed by atoms with E-state index in [-0.39, 0.29) is 24.9 Å². The van der Waals surface area contributed by atoms with Crippen molar-refractivity contribution in [2.75, 3.05) is 6.61 Å². The van der Waals surface area contributed by atoms with Gasteiger partial charge in [0.05, 0.1) is 25.2 Å². The molecular weight excluding hydrogens is 827 g/mol. The Morgan fingerprint density at radius 1 is 0.463 bits per heavy atom. The topological polar surface area (TPSA) is 95.9 Å². The number of esters is 1. The SMILES string of the molecule is CC/C=C\C/C=C\C/C=C\C/C=C\C/C=C\CCCCCC(=O)OC(/C=C/C/C=C/C/C=C/C/C=C/C/C=C/CC)CC(=O)NC(CO)C(O)CCCCCCCCCCCCCCCCC. The average Bonchev–Trinajstić information content (AvgIpc) is 3.32. The van der Waals surface area contributed by atoms with Crippen LogP contribution in [0.5, 0.6) is 0 Å². The van der Waals surface area contributed by atoms with Crippen LogP contribution in [0.2, 0.25) is 0 Å². The molecule has 0 heterocycles. The van der Waals surface area contributed by atoms with Crippen molar-refractivity contribution in [1.29, 1.82) is 0 Å². The lowest BCUT2D eigenvalue weighted by atomic mass is 10.0. The lowest BCUT2D eigenvalue weighted by molar-refractivity contribution is -0.148. The molecule has 0 aromatic rings. The molecule has 0 aromatic carbocycles. The van der Waals surface area contributed by atoms with Crippen molar-refractivity contribution in [3.05, 3.63) is 122 Å². The van der Waals surface area contributed by atoms with E-state index in [0.717, 1.165) is 103 Å². The van der Waals surface area contributed by atoms with Crippen LogP contribution in [0, 0.1) is 0 Å². The van der Waals surface area contributed by atoms with Crippen LogP contribution >= 0.6 is 0 Å². The van der Waals surface area contributed by atoms with Crippen molar-refractivity contribution < 1.29 is 24.5 Å². The minimum atomic E-state index is -0.833. The van der Waals surface area contributed by atoms with Crippen molar-refractivity contribution in [2.45, 2.75) is 244 Å². The van der Waals surface area contributed by atoms with Gasteiger partial charge in [0, 0.05) is 6.42 Å². The first kappa shape index (κ1) is 63.3. The Hall–Kier alpha value is -3.74. The maximum atomic E-state index is 13.2. The zero-order chi connectivity index (χ0) is 48.8. The lowest BCUT2D eigenvalue weighted by Gasteiger charge is -2.23. The van der Waals surface area contributed by atoms with Gasteiger partial charge in [-0.3, -0.25) is 9.59 Å². The second kappa shape index (κ2) is 53.2. The number of amides is 1. The molecule has 0 rings (SSSR count). The first-order chi connectivity index (χ1) is 33.0. The van der Waals surface area contributed by atoms with Crippen LogP contribution < -0.4 is 5.32 Å². The largest absolute Gasteiger partial charge is 0.458 e. The van der Waals surface area contributed by atoms with E-state index < -0.39 is 18.2 Å². The lowest BCUT2D eigenvalue weighted by Crippen LogP contribution is -2.46. The Morgan fingerprint density at radius 2 is 0.836 bits per heavy atom. The van der Waals surface area contributed by atoms with Crippen molar-refractivity contribution in [1.82, 2.24) is 5.32 Å². The minimum Gasteiger partial charge on any atom is -0.458 e. The molecule has 3 atom stereocenters. The predicted molar refractivity (Wildman–Crippen MR) is 291 cm³/mol. The molecule has 0 aliphatic rings. The van der Waals surface area contributed by atoms with E-state index in [1.165, 1.54) is 77.0 Å². The summed E-state index contributed by atoms with van der Waals surface area (Å²) < 4.78 is 5.82. The number of aliphatic hydroxyl groups is 2. The number of hydrogen-bond acceptors (Lipinski definition) is 5. The minimum absolute atomic E-state index is 0.0668. The number of rotatable bonds is 47. The van der Waals surface area contributed by atoms with Crippen LogP contribution in [0.1, 0.15) is 226 Å². The molecule has 0 bridgehead atoms. The number of unbranched alkanes of at least 4 members (excludes halogenated alkanes) is 17. The van der Waals surface area contributed by atoms with Gasteiger partial charge in [-0.15, -0.1) is 0 Å². The summed E-state index contributed by atoms with van der Waals surface area (Å²) in [7, 11) is 0. The molecular formula is C61H101NO5. The van der Waals surface area contributed by atoms with Gasteiger partial charge in [-0.2, -0.15) is 0 Å². The highest BCUT2D eigenvalue weighted by Crippen LogP contribution is 2.16. The van der Waals surface area contributed by atoms with E-state index in [1.54, 1.807) is 6.08 Å². The standard InChI is InChI=1S/C61H101NO5/c1-4-7-10-13-16-19-22-25-28-29-30-31-33-36-39-42-45-48-51-54-61(66)67-57(52-49-46-43-40-37-34-27-24-21-18-15-12-9-6-3)55-60(65)62-58(56-63)59(64)53-50-47-44-41-38-35-32-26-23-20-17-14-11-8-5-2/h7,9-10,12,16,18-19,21,25,27-28,30-31,34,36,39-40,43,49,52,57-59,63-64H,4-6,8,11,13-15,17,20,22-24,26,29,32-33,35,37-38,41-42,44-48,50-51,53-56H2,1-3H3,(H,62,65)/b10-7-,12-9+,19-16-,21-18+,28-25-,31-30-,34-27+,39-36-,43-40+,52-49+. The Morgan fingerprint density at radius 3 is 1.25 bits per heavy atom. The van der Waals surface area contributed by atoms with E-state index in [9.17, 15) is 19.8 Å². The molecule has 67 heavy (non-hydrogen) atoms. The molecule has 0 radical (unpaired) electrons. The molecule has 0 aromatic heterocycles. The molecule has 0 fully saturated rings. The average molecular weight is 928 g/mol. The van der Waals surface area contributed by atoms with Crippen molar-refractivity contribution >= 4 is 11.9 Å². The Bertz CT molecular complexity index is 1410. The van der Waals surface area contributed by atoms with Crippen LogP contribution in [0.4, 0.5) is 0 Å². The monoisotopic (exact) mass is 928 g/mol. The summed E-state index contributed by atoms with van der Waals surface area (Å²) in [5, 5.41) is 23.8. The molecule has 6 heteroatoms. The number of aliphatic hydroxyl groups excluding tert-OH is 2. The quantitative estimate of drug-likeness (QED) is 0.0321. The Balaban J connectivity index is 4.76. The van der Waals surface area contributed by atoms with Crippen LogP contribution in [0.3, 0.4) is 0 Å². The van der Waals surface area contributed by atoms with Gasteiger partial charge in [0.25, 0.3) is 0 Å². The van der Waals surface area contributed by atoms with Gasteiger partial charge in [0.15, 0.2) is 0 Å². The zero-order valence-electron chi connectivity index (χ0n) is 43.2. The van der Waals surface area contributed by atoms with Crippen molar-refractivity contribution in [3.8, 4) is 0 Å². The van der Waals surface area contributed by atoms with E-state index in [0.29, 0.717) is 19.3 Å². The van der Waals surface area contributed by atoms with Gasteiger partial charge < -0.3 is 20.3 Å². The molecule has 0 spiro atoms. The molecule has 0 saturated carbocycles. The van der Waals surface area contributed by atoms with Gasteiger partial charge >= 0.3 is 5.97 Å². The summed E-state index contributed by atoms with van der Waals surface area (Å²) in [4.78, 5) is 26.1. The van der Waals surface area contributed by atoms with Crippen LogP contribution in [-0.2, 0) is 14.3 Å². The van der Waals surface area contributed by atoms with Crippen LogP contribution in [0.15, 0.2) is 122 Å². The zero-order valence-corrected chi connectivity index (χ0v) is 43.2. The maximum absolute atomic E-state index is 13.2. The smallest absolute Gasteiger partial charge is 0.306 e. The Kier molecular flexibility index (Phi) is 50.2. The highest BCUT2D eigenvalue weighted by molar-refractivity contribution is 5.78. The molecule has 1 amide bonds. The molecule has 3 N–H and O–H groups in total. The van der Waals surface area contributed by atoms with E-state index in [4.69, 9.17) is 4.74 Å². The van der Waals surface area contributed by atoms with Gasteiger partial charge in [0.2, 0.25) is 5.91 Å². The third kappa shape index (κ3) is 48.5. The fourth-order valence-electron chi connectivity index (χ4n) is 7.48. The Labute approximate surface area is 412 Å². The van der Waals surface area contributed by atoms with Crippen molar-refractivity contribution in [3.63, 3.8) is 0 Å². The number of carbonyl (C=O) groups excluding carboxylic acids is 2. The fraction of sp³-hybridized carbons (Fsp3) is 0.639. The number of allylic oxidation sites excluding steroid dienone is 19. The summed E-state index contributed by atoms with van der Waals surface area (Å²) in [5.74, 6) is -0.675. The van der Waals surface area contributed by atoms with Gasteiger partial charge in [-0.05, 0) is 96.0 Å². The first-order valence-corrected chi connectivity index (χ1v) is 27.3. The number of ether oxygens (including phenoxy) is 1. The summed E-state index contributed by atoms with van der Waals surface area (Å²) in [6, 6.07) is -0.758. The third-order valence-electron chi connectivity index (χ3n) is 11.5. The summed E-state index contributed by atoms with van der Waals surface area (Å²) >= 11 is 0. The summed E-state index contributed by atoms with van der Waals surface area (Å²) in [6.07, 6.45) is 74.3. The number of nitrogens with one attached hydrogen (secondary N) is 1. The van der Waals surface area contributed by atoms with Gasteiger partial charge in [-0.1, -0.05) is 239 Å². The van der Waals surface area contributed by atoms with E-state index in [1.807, 2.05) is 6.08 Å². The van der Waals surface area contributed by atoms with Crippen LogP contribution in [-0.4, -0.2) is 46.9 Å². The highest BCUT2D eigenvalue weighted by Gasteiger charge is 2.23. The van der Waals surface area contributed by atoms with Crippen molar-refractivity contribution in [2.24, 2.45) is 0 Å². The van der Waals surface area contributed by atoms with Gasteiger partial charge in [-0.25, -0.2) is 0 Å². The second-order valence-corrected chi connectivity index (χ2v) is 17.9. The molecule has 380 valence electrons. The molecule has 3 unspecified atom stereocenters. The highest BCUT2D eigenvalue weighted by atomic mass is 16.5. The summed E-state index contributed by atoms with van der Waals surface area (Å²) in [5.41, 5.74) is 0. The van der Waals surface area contributed by atoms with E-state index in [2.05, 4.69) is 135 Å². The normalized spacial score (nSPS) is 14.2. The maximum Gasteiger partial charge on any atom is 0.306 e.